The summed E-state index contributed by atoms with van der Waals surface area (Å²) in [5.74, 6) is -1.07. The lowest BCUT2D eigenvalue weighted by atomic mass is 10.2. The molecule has 150 valence electrons. The van der Waals surface area contributed by atoms with Crippen molar-refractivity contribution in [1.82, 2.24) is 9.55 Å². The van der Waals surface area contributed by atoms with Gasteiger partial charge in [-0.25, -0.2) is 4.98 Å². The molecular weight excluding hydrogens is 397 g/mol. The van der Waals surface area contributed by atoms with E-state index in [1.165, 1.54) is 18.2 Å². The number of halogens is 3. The van der Waals surface area contributed by atoms with Crippen LogP contribution in [0.2, 0.25) is 0 Å². The number of anilines is 1. The molecule has 2 aromatic carbocycles. The van der Waals surface area contributed by atoms with E-state index in [2.05, 4.69) is 15.0 Å². The highest BCUT2D eigenvalue weighted by Crippen LogP contribution is 2.24. The maximum absolute atomic E-state index is 12.4. The zero-order valence-electron chi connectivity index (χ0n) is 14.3. The molecule has 29 heavy (non-hydrogen) atoms. The van der Waals surface area contributed by atoms with Gasteiger partial charge in [-0.15, -0.1) is 13.2 Å². The van der Waals surface area contributed by atoms with E-state index in [0.29, 0.717) is 0 Å². The van der Waals surface area contributed by atoms with Gasteiger partial charge in [0.25, 0.3) is 11.2 Å². The zero-order chi connectivity index (χ0) is 21.2. The zero-order valence-corrected chi connectivity index (χ0v) is 14.3. The number of nitrogens with one attached hydrogen (secondary N) is 1. The molecule has 1 heterocycles. The lowest BCUT2D eigenvalue weighted by Crippen LogP contribution is -2.27. The Hall–Kier alpha value is -3.96. The summed E-state index contributed by atoms with van der Waals surface area (Å²) in [6, 6.07) is 8.02. The summed E-state index contributed by atoms with van der Waals surface area (Å²) in [6.07, 6.45) is -3.75. The van der Waals surface area contributed by atoms with Crippen LogP contribution in [-0.4, -0.2) is 26.7 Å². The van der Waals surface area contributed by atoms with Gasteiger partial charge in [0.15, 0.2) is 0 Å². The van der Waals surface area contributed by atoms with Crippen molar-refractivity contribution in [3.63, 3.8) is 0 Å². The highest BCUT2D eigenvalue weighted by atomic mass is 19.4. The number of alkyl halides is 3. The Balaban J connectivity index is 1.73. The van der Waals surface area contributed by atoms with Crippen molar-refractivity contribution in [2.24, 2.45) is 0 Å². The molecule has 0 aliphatic heterocycles. The maximum atomic E-state index is 12.4. The van der Waals surface area contributed by atoms with Gasteiger partial charge in [0.05, 0.1) is 22.2 Å². The fourth-order valence-electron chi connectivity index (χ4n) is 2.47. The number of ether oxygens (including phenoxy) is 1. The van der Waals surface area contributed by atoms with Crippen LogP contribution in [0.1, 0.15) is 0 Å². The number of carbonyl (C=O) groups is 1. The number of nitro groups is 1. The molecule has 0 atom stereocenters. The molecule has 0 radical (unpaired) electrons. The van der Waals surface area contributed by atoms with Gasteiger partial charge in [-0.3, -0.25) is 24.3 Å². The standard InChI is InChI=1S/C17H11F3N4O5/c18-17(19,20)29-12-4-1-10(2-5-12)22-15(25)8-23-9-21-14-7-11(24(27)28)3-6-13(14)16(23)26/h1-7,9H,8H2,(H,22,25). The third-order valence-electron chi connectivity index (χ3n) is 3.71. The van der Waals surface area contributed by atoms with Gasteiger partial charge in [0.1, 0.15) is 12.3 Å². The molecule has 0 spiro atoms. The first-order chi connectivity index (χ1) is 13.6. The van der Waals surface area contributed by atoms with Gasteiger partial charge in [-0.1, -0.05) is 0 Å². The quantitative estimate of drug-likeness (QED) is 0.513. The van der Waals surface area contributed by atoms with Crippen molar-refractivity contribution in [3.8, 4) is 5.75 Å². The molecule has 0 aliphatic rings. The molecule has 1 amide bonds. The Morgan fingerprint density at radius 2 is 1.90 bits per heavy atom. The smallest absolute Gasteiger partial charge is 0.406 e. The summed E-state index contributed by atoms with van der Waals surface area (Å²) in [4.78, 5) is 38.7. The number of non-ortho nitro benzene ring substituents is 1. The Morgan fingerprint density at radius 3 is 2.52 bits per heavy atom. The molecule has 0 saturated heterocycles. The van der Waals surface area contributed by atoms with E-state index in [4.69, 9.17) is 0 Å². The van der Waals surface area contributed by atoms with E-state index in [1.807, 2.05) is 0 Å². The predicted octanol–water partition coefficient (Wildman–Crippen LogP) is 2.84. The average molecular weight is 408 g/mol. The van der Waals surface area contributed by atoms with Crippen LogP contribution in [0.25, 0.3) is 10.9 Å². The summed E-state index contributed by atoms with van der Waals surface area (Å²) < 4.78 is 41.2. The summed E-state index contributed by atoms with van der Waals surface area (Å²) in [5.41, 5.74) is -0.491. The number of hydrogen-bond acceptors (Lipinski definition) is 6. The molecule has 0 bridgehead atoms. The number of amides is 1. The molecule has 12 heteroatoms. The van der Waals surface area contributed by atoms with Crippen LogP contribution in [0, 0.1) is 10.1 Å². The van der Waals surface area contributed by atoms with E-state index in [0.717, 1.165) is 35.2 Å². The molecule has 0 fully saturated rings. The number of nitrogens with zero attached hydrogens (tertiary/aromatic N) is 3. The number of benzene rings is 2. The molecular formula is C17H11F3N4O5. The van der Waals surface area contributed by atoms with Gasteiger partial charge in [0, 0.05) is 17.8 Å². The van der Waals surface area contributed by atoms with E-state index in [1.54, 1.807) is 0 Å². The third kappa shape index (κ3) is 4.86. The minimum absolute atomic E-state index is 0.0968. The molecule has 0 aliphatic carbocycles. The molecule has 0 unspecified atom stereocenters. The molecule has 9 nitrogen and oxygen atoms in total. The van der Waals surface area contributed by atoms with E-state index < -0.39 is 35.0 Å². The minimum Gasteiger partial charge on any atom is -0.406 e. The molecule has 0 saturated carbocycles. The first-order valence-electron chi connectivity index (χ1n) is 7.91. The van der Waals surface area contributed by atoms with Crippen LogP contribution in [0.15, 0.2) is 53.6 Å². The lowest BCUT2D eigenvalue weighted by Gasteiger charge is -2.10. The molecule has 3 aromatic rings. The van der Waals surface area contributed by atoms with Crippen molar-refractivity contribution in [3.05, 3.63) is 69.3 Å². The number of hydrogen-bond donors (Lipinski definition) is 1. The largest absolute Gasteiger partial charge is 0.573 e. The van der Waals surface area contributed by atoms with Gasteiger partial charge >= 0.3 is 6.36 Å². The fraction of sp³-hybridized carbons (Fsp3) is 0.118. The highest BCUT2D eigenvalue weighted by Gasteiger charge is 2.30. The number of carbonyl (C=O) groups excluding carboxylic acids is 1. The average Bonchev–Trinajstić information content (AvgIpc) is 2.64. The Morgan fingerprint density at radius 1 is 1.21 bits per heavy atom. The summed E-state index contributed by atoms with van der Waals surface area (Å²) in [7, 11) is 0. The second-order valence-corrected chi connectivity index (χ2v) is 5.76. The summed E-state index contributed by atoms with van der Waals surface area (Å²) >= 11 is 0. The Kier molecular flexibility index (Phi) is 5.17. The van der Waals surface area contributed by atoms with E-state index in [-0.39, 0.29) is 22.3 Å². The van der Waals surface area contributed by atoms with Crippen molar-refractivity contribution in [2.45, 2.75) is 12.9 Å². The van der Waals surface area contributed by atoms with Crippen LogP contribution in [0.3, 0.4) is 0 Å². The van der Waals surface area contributed by atoms with Crippen LogP contribution < -0.4 is 15.6 Å². The summed E-state index contributed by atoms with van der Waals surface area (Å²) in [5, 5.41) is 13.3. The number of fused-ring (bicyclic) bond motifs is 1. The minimum atomic E-state index is -4.82. The highest BCUT2D eigenvalue weighted by molar-refractivity contribution is 5.90. The first-order valence-corrected chi connectivity index (χ1v) is 7.91. The van der Waals surface area contributed by atoms with Crippen molar-refractivity contribution >= 4 is 28.2 Å². The number of aromatic nitrogens is 2. The van der Waals surface area contributed by atoms with Crippen molar-refractivity contribution in [2.75, 3.05) is 5.32 Å². The maximum Gasteiger partial charge on any atom is 0.573 e. The number of rotatable bonds is 5. The Bertz CT molecular complexity index is 1140. The van der Waals surface area contributed by atoms with Gasteiger partial charge in [-0.2, -0.15) is 0 Å². The second kappa shape index (κ2) is 7.58. The van der Waals surface area contributed by atoms with Gasteiger partial charge < -0.3 is 10.1 Å². The van der Waals surface area contributed by atoms with Crippen LogP contribution in [-0.2, 0) is 11.3 Å². The SMILES string of the molecule is O=C(Cn1cnc2cc([N+](=O)[O-])ccc2c1=O)Nc1ccc(OC(F)(F)F)cc1. The van der Waals surface area contributed by atoms with Gasteiger partial charge in [0.2, 0.25) is 5.91 Å². The van der Waals surface area contributed by atoms with Crippen molar-refractivity contribution < 1.29 is 27.6 Å². The number of nitro benzene ring substituents is 1. The lowest BCUT2D eigenvalue weighted by molar-refractivity contribution is -0.384. The molecule has 1 N–H and O–H groups in total. The van der Waals surface area contributed by atoms with Crippen LogP contribution >= 0.6 is 0 Å². The summed E-state index contributed by atoms with van der Waals surface area (Å²) in [6.45, 7) is -0.417. The monoisotopic (exact) mass is 408 g/mol. The first kappa shape index (κ1) is 19.8. The van der Waals surface area contributed by atoms with Crippen molar-refractivity contribution in [1.29, 1.82) is 0 Å². The third-order valence-corrected chi connectivity index (χ3v) is 3.71. The van der Waals surface area contributed by atoms with Gasteiger partial charge in [-0.05, 0) is 30.3 Å². The molecule has 1 aromatic heterocycles. The topological polar surface area (TPSA) is 116 Å². The van der Waals surface area contributed by atoms with Crippen LogP contribution in [0.5, 0.6) is 5.75 Å². The van der Waals surface area contributed by atoms with Crippen LogP contribution in [0.4, 0.5) is 24.5 Å². The predicted molar refractivity (Wildman–Crippen MR) is 94.4 cm³/mol. The second-order valence-electron chi connectivity index (χ2n) is 5.76. The fourth-order valence-corrected chi connectivity index (χ4v) is 2.47. The molecule has 3 rings (SSSR count). The van der Waals surface area contributed by atoms with E-state index in [9.17, 15) is 32.9 Å². The van der Waals surface area contributed by atoms with E-state index >= 15 is 0 Å². The normalized spacial score (nSPS) is 11.3. The Labute approximate surface area is 159 Å².